The highest BCUT2D eigenvalue weighted by molar-refractivity contribution is 7.22. The molecule has 9 heteroatoms. The molecule has 1 amide bonds. The molecule has 0 saturated carbocycles. The van der Waals surface area contributed by atoms with Gasteiger partial charge in [-0.05, 0) is 36.4 Å². The van der Waals surface area contributed by atoms with Crippen LogP contribution in [0, 0.1) is 5.82 Å². The van der Waals surface area contributed by atoms with Crippen LogP contribution >= 0.6 is 45.9 Å². The van der Waals surface area contributed by atoms with Gasteiger partial charge in [0.25, 0.3) is 5.91 Å². The van der Waals surface area contributed by atoms with E-state index in [1.807, 2.05) is 6.07 Å². The Morgan fingerprint density at radius 3 is 2.54 bits per heavy atom. The maximum Gasteiger partial charge on any atom is 0.269 e. The number of carbonyl (C=O) groups is 1. The number of hydrogen-bond donors (Lipinski definition) is 1. The van der Waals surface area contributed by atoms with E-state index < -0.39 is 0 Å². The molecule has 0 aliphatic heterocycles. The van der Waals surface area contributed by atoms with Crippen molar-refractivity contribution < 1.29 is 9.18 Å². The quantitative estimate of drug-likeness (QED) is 0.431. The Balaban J connectivity index is 1.60. The summed E-state index contributed by atoms with van der Waals surface area (Å²) < 4.78 is 13.8. The Morgan fingerprint density at radius 1 is 1.04 bits per heavy atom. The zero-order valence-electron chi connectivity index (χ0n) is 12.8. The van der Waals surface area contributed by atoms with E-state index >= 15 is 0 Å². The summed E-state index contributed by atoms with van der Waals surface area (Å²) in [7, 11) is 0. The molecule has 1 N–H and O–H groups in total. The van der Waals surface area contributed by atoms with Crippen molar-refractivity contribution >= 4 is 67.0 Å². The van der Waals surface area contributed by atoms with Crippen LogP contribution < -0.4 is 5.32 Å². The summed E-state index contributed by atoms with van der Waals surface area (Å²) in [6.45, 7) is 0. The number of carbonyl (C=O) groups excluding carboxylic acids is 1. The second kappa shape index (κ2) is 6.92. The molecule has 130 valence electrons. The third-order valence-electron chi connectivity index (χ3n) is 3.55. The van der Waals surface area contributed by atoms with Crippen LogP contribution in [0.1, 0.15) is 9.67 Å². The smallest absolute Gasteiger partial charge is 0.269 e. The van der Waals surface area contributed by atoms with Gasteiger partial charge in [0.2, 0.25) is 5.13 Å². The zero-order valence-corrected chi connectivity index (χ0v) is 15.9. The first-order valence-corrected chi connectivity index (χ1v) is 9.69. The van der Waals surface area contributed by atoms with Gasteiger partial charge in [0.15, 0.2) is 0 Å². The lowest BCUT2D eigenvalue weighted by atomic mass is 10.2. The van der Waals surface area contributed by atoms with Crippen molar-refractivity contribution in [3.8, 4) is 10.6 Å². The highest BCUT2D eigenvalue weighted by atomic mass is 35.5. The van der Waals surface area contributed by atoms with Gasteiger partial charge in [-0.1, -0.05) is 40.6 Å². The van der Waals surface area contributed by atoms with Crippen molar-refractivity contribution in [2.24, 2.45) is 0 Å². The fourth-order valence-corrected chi connectivity index (χ4v) is 4.95. The largest absolute Gasteiger partial charge is 0.296 e. The Hall–Kier alpha value is -2.06. The summed E-state index contributed by atoms with van der Waals surface area (Å²) in [5.74, 6) is -0.709. The van der Waals surface area contributed by atoms with Crippen molar-refractivity contribution in [1.82, 2.24) is 10.2 Å². The number of aromatic nitrogens is 2. The van der Waals surface area contributed by atoms with Gasteiger partial charge in [-0.15, -0.1) is 21.5 Å². The third kappa shape index (κ3) is 3.19. The second-order valence-electron chi connectivity index (χ2n) is 5.23. The molecular formula is C17H8Cl2FN3OS2. The standard InChI is InChI=1S/C17H8Cl2FN3OS2/c18-10-2-1-3-11-12(10)13(19)14(25-11)15(24)21-17-23-22-16(26-17)8-4-6-9(20)7-5-8/h1-7H,(H,21,23,24). The molecule has 0 atom stereocenters. The van der Waals surface area contributed by atoms with Crippen molar-refractivity contribution in [2.45, 2.75) is 0 Å². The normalized spacial score (nSPS) is 11.0. The second-order valence-corrected chi connectivity index (χ2v) is 8.05. The predicted molar refractivity (Wildman–Crippen MR) is 105 cm³/mol. The number of halogens is 3. The van der Waals surface area contributed by atoms with E-state index in [2.05, 4.69) is 15.5 Å². The molecular weight excluding hydrogens is 416 g/mol. The van der Waals surface area contributed by atoms with Gasteiger partial charge in [0.1, 0.15) is 15.7 Å². The summed E-state index contributed by atoms with van der Waals surface area (Å²) in [5.41, 5.74) is 0.719. The number of benzene rings is 2. The molecule has 2 heterocycles. The van der Waals surface area contributed by atoms with Crippen LogP contribution in [-0.4, -0.2) is 16.1 Å². The van der Waals surface area contributed by atoms with E-state index in [4.69, 9.17) is 23.2 Å². The monoisotopic (exact) mass is 423 g/mol. The summed E-state index contributed by atoms with van der Waals surface area (Å²) >= 11 is 14.9. The summed E-state index contributed by atoms with van der Waals surface area (Å²) in [6, 6.07) is 11.3. The van der Waals surface area contributed by atoms with Gasteiger partial charge in [-0.25, -0.2) is 4.39 Å². The number of nitrogens with zero attached hydrogens (tertiary/aromatic N) is 2. The van der Waals surface area contributed by atoms with Crippen LogP contribution in [0.3, 0.4) is 0 Å². The number of anilines is 1. The number of rotatable bonds is 3. The fourth-order valence-electron chi connectivity index (χ4n) is 2.35. The summed E-state index contributed by atoms with van der Waals surface area (Å²) in [6.07, 6.45) is 0. The highest BCUT2D eigenvalue weighted by Crippen LogP contribution is 2.39. The van der Waals surface area contributed by atoms with Crippen molar-refractivity contribution in [3.05, 3.63) is 63.2 Å². The van der Waals surface area contributed by atoms with E-state index in [-0.39, 0.29) is 11.7 Å². The molecule has 4 aromatic rings. The van der Waals surface area contributed by atoms with Gasteiger partial charge in [0, 0.05) is 15.6 Å². The molecule has 26 heavy (non-hydrogen) atoms. The minimum Gasteiger partial charge on any atom is -0.296 e. The first-order chi connectivity index (χ1) is 12.5. The van der Waals surface area contributed by atoms with Crippen LogP contribution in [0.2, 0.25) is 10.0 Å². The Bertz CT molecular complexity index is 1120. The van der Waals surface area contributed by atoms with Gasteiger partial charge in [-0.2, -0.15) is 0 Å². The number of amides is 1. The lowest BCUT2D eigenvalue weighted by Gasteiger charge is -1.99. The number of fused-ring (bicyclic) bond motifs is 1. The molecule has 0 radical (unpaired) electrons. The molecule has 2 aromatic heterocycles. The molecule has 0 spiro atoms. The fraction of sp³-hybridized carbons (Fsp3) is 0. The molecule has 0 aliphatic carbocycles. The molecule has 4 nitrogen and oxygen atoms in total. The van der Waals surface area contributed by atoms with Crippen LogP contribution in [-0.2, 0) is 0 Å². The molecule has 0 bridgehead atoms. The highest BCUT2D eigenvalue weighted by Gasteiger charge is 2.20. The van der Waals surface area contributed by atoms with E-state index in [1.165, 1.54) is 34.8 Å². The molecule has 0 fully saturated rings. The molecule has 2 aromatic carbocycles. The van der Waals surface area contributed by atoms with Crippen molar-refractivity contribution in [3.63, 3.8) is 0 Å². The first kappa shape index (κ1) is 17.4. The number of hydrogen-bond acceptors (Lipinski definition) is 5. The van der Waals surface area contributed by atoms with E-state index in [9.17, 15) is 9.18 Å². The topological polar surface area (TPSA) is 54.9 Å². The minimum atomic E-state index is -0.380. The molecule has 0 unspecified atom stereocenters. The first-order valence-electron chi connectivity index (χ1n) is 7.30. The Morgan fingerprint density at radius 2 is 1.81 bits per heavy atom. The minimum absolute atomic E-state index is 0.316. The molecule has 4 rings (SSSR count). The predicted octanol–water partition coefficient (Wildman–Crippen LogP) is 6.12. The Labute approximate surface area is 165 Å². The SMILES string of the molecule is O=C(Nc1nnc(-c2ccc(F)cc2)s1)c1sc2cccc(Cl)c2c1Cl. The maximum atomic E-state index is 13.0. The molecule has 0 saturated heterocycles. The summed E-state index contributed by atoms with van der Waals surface area (Å²) in [5, 5.41) is 13.1. The average molecular weight is 424 g/mol. The maximum absolute atomic E-state index is 13.0. The molecule has 0 aliphatic rings. The van der Waals surface area contributed by atoms with Crippen LogP contribution in [0.25, 0.3) is 20.7 Å². The van der Waals surface area contributed by atoms with Gasteiger partial charge in [-0.3, -0.25) is 10.1 Å². The third-order valence-corrected chi connectivity index (χ3v) is 6.40. The van der Waals surface area contributed by atoms with E-state index in [0.717, 1.165) is 10.3 Å². The lowest BCUT2D eigenvalue weighted by molar-refractivity contribution is 0.103. The van der Waals surface area contributed by atoms with Gasteiger partial charge in [0.05, 0.1) is 10.0 Å². The van der Waals surface area contributed by atoms with Crippen LogP contribution in [0.4, 0.5) is 9.52 Å². The zero-order chi connectivity index (χ0) is 18.3. The van der Waals surface area contributed by atoms with Crippen LogP contribution in [0.15, 0.2) is 42.5 Å². The van der Waals surface area contributed by atoms with Crippen molar-refractivity contribution in [1.29, 1.82) is 0 Å². The lowest BCUT2D eigenvalue weighted by Crippen LogP contribution is -2.10. The number of thiophene rings is 1. The van der Waals surface area contributed by atoms with Gasteiger partial charge < -0.3 is 0 Å². The summed E-state index contributed by atoms with van der Waals surface area (Å²) in [4.78, 5) is 12.9. The number of nitrogens with one attached hydrogen (secondary N) is 1. The average Bonchev–Trinajstić information content (AvgIpc) is 3.21. The Kier molecular flexibility index (Phi) is 4.62. The van der Waals surface area contributed by atoms with Crippen molar-refractivity contribution in [2.75, 3.05) is 5.32 Å². The van der Waals surface area contributed by atoms with Gasteiger partial charge >= 0.3 is 0 Å². The van der Waals surface area contributed by atoms with E-state index in [0.29, 0.717) is 30.4 Å². The van der Waals surface area contributed by atoms with E-state index in [1.54, 1.807) is 24.3 Å². The van der Waals surface area contributed by atoms with Crippen LogP contribution in [0.5, 0.6) is 0 Å².